The molecule has 2 rings (SSSR count). The van der Waals surface area contributed by atoms with Crippen LogP contribution in [0, 0.1) is 0 Å². The maximum absolute atomic E-state index is 12.1. The molecule has 20 heavy (non-hydrogen) atoms. The van der Waals surface area contributed by atoms with E-state index in [1.807, 2.05) is 6.07 Å². The highest BCUT2D eigenvalue weighted by Gasteiger charge is 2.14. The molecule has 6 heteroatoms. The number of nitrogens with zero attached hydrogens (tertiary/aromatic N) is 1. The number of hydrogen-bond acceptors (Lipinski definition) is 5. The second-order valence-electron chi connectivity index (χ2n) is 4.32. The minimum Gasteiger partial charge on any atom is -0.490 e. The molecule has 0 fully saturated rings. The van der Waals surface area contributed by atoms with Crippen LogP contribution in [0.15, 0.2) is 28.8 Å². The quantitative estimate of drug-likeness (QED) is 0.454. The number of pyridine rings is 1. The molecule has 1 aliphatic heterocycles. The summed E-state index contributed by atoms with van der Waals surface area (Å²) in [7, 11) is 2.63. The fourth-order valence-corrected chi connectivity index (χ4v) is 2.15. The largest absolute Gasteiger partial charge is 0.490 e. The minimum absolute atomic E-state index is 0.0498. The number of fused-ring (bicyclic) bond motifs is 1. The summed E-state index contributed by atoms with van der Waals surface area (Å²) in [5.41, 5.74) is 0.899. The third-order valence-corrected chi connectivity index (χ3v) is 3.16. The monoisotopic (exact) mass is 279 g/mol. The van der Waals surface area contributed by atoms with Gasteiger partial charge in [0.05, 0.1) is 14.2 Å². The van der Waals surface area contributed by atoms with Crippen molar-refractivity contribution in [2.24, 2.45) is 0 Å². The van der Waals surface area contributed by atoms with Gasteiger partial charge in [-0.05, 0) is 25.0 Å². The number of aryl methyl sites for hydroxylation is 1. The lowest BCUT2D eigenvalue weighted by Gasteiger charge is -2.08. The predicted molar refractivity (Wildman–Crippen MR) is 71.6 cm³/mol. The zero-order chi connectivity index (χ0) is 14.5. The van der Waals surface area contributed by atoms with Gasteiger partial charge < -0.3 is 18.8 Å². The van der Waals surface area contributed by atoms with Crippen LogP contribution in [0.2, 0.25) is 0 Å². The van der Waals surface area contributed by atoms with Gasteiger partial charge in [0.2, 0.25) is 5.76 Å². The van der Waals surface area contributed by atoms with Crippen LogP contribution in [0.5, 0.6) is 5.75 Å². The van der Waals surface area contributed by atoms with Crippen LogP contribution in [0.4, 0.5) is 0 Å². The molecule has 2 heterocycles. The first-order valence-corrected chi connectivity index (χ1v) is 6.35. The van der Waals surface area contributed by atoms with Crippen LogP contribution in [0.25, 0.3) is 0 Å². The van der Waals surface area contributed by atoms with E-state index in [9.17, 15) is 9.59 Å². The lowest BCUT2D eigenvalue weighted by molar-refractivity contribution is -0.139. The van der Waals surface area contributed by atoms with E-state index in [2.05, 4.69) is 4.74 Å². The molecule has 0 radical (unpaired) electrons. The molecule has 0 aromatic carbocycles. The van der Waals surface area contributed by atoms with Crippen molar-refractivity contribution in [1.82, 2.24) is 4.57 Å². The molecule has 1 aliphatic rings. The van der Waals surface area contributed by atoms with Crippen molar-refractivity contribution in [2.45, 2.75) is 19.4 Å². The van der Waals surface area contributed by atoms with Crippen molar-refractivity contribution in [2.75, 3.05) is 20.8 Å². The number of methoxy groups -OCH3 is 2. The van der Waals surface area contributed by atoms with E-state index in [-0.39, 0.29) is 23.7 Å². The van der Waals surface area contributed by atoms with E-state index in [1.165, 1.54) is 20.3 Å². The van der Waals surface area contributed by atoms with Gasteiger partial charge in [0.1, 0.15) is 6.61 Å². The predicted octanol–water partition coefficient (Wildman–Crippen LogP) is 0.877. The number of aromatic nitrogens is 1. The number of ether oxygens (including phenoxy) is 3. The molecule has 0 amide bonds. The van der Waals surface area contributed by atoms with E-state index < -0.39 is 5.97 Å². The lowest BCUT2D eigenvalue weighted by atomic mass is 10.3. The molecule has 1 aromatic heterocycles. The highest BCUT2D eigenvalue weighted by molar-refractivity contribution is 5.86. The fourth-order valence-electron chi connectivity index (χ4n) is 2.15. The SMILES string of the molecule is COC(=O)/C(=C\COc1ccc2n(c1=O)CCC2)OC. The van der Waals surface area contributed by atoms with Gasteiger partial charge in [-0.2, -0.15) is 0 Å². The molecule has 108 valence electrons. The van der Waals surface area contributed by atoms with Gasteiger partial charge in [0.25, 0.3) is 5.56 Å². The van der Waals surface area contributed by atoms with Gasteiger partial charge in [0.15, 0.2) is 5.75 Å². The molecular formula is C14H17NO5. The standard InChI is InChI=1S/C14H17NO5/c1-18-12(14(17)19-2)7-9-20-11-6-5-10-4-3-8-15(10)13(11)16/h5-7H,3-4,8-9H2,1-2H3/b12-7+. The average Bonchev–Trinajstić information content (AvgIpc) is 2.94. The zero-order valence-corrected chi connectivity index (χ0v) is 11.5. The molecule has 0 unspecified atom stereocenters. The Morgan fingerprint density at radius 2 is 2.15 bits per heavy atom. The number of rotatable bonds is 5. The van der Waals surface area contributed by atoms with Gasteiger partial charge in [-0.25, -0.2) is 4.79 Å². The van der Waals surface area contributed by atoms with Crippen LogP contribution >= 0.6 is 0 Å². The molecule has 0 saturated heterocycles. The van der Waals surface area contributed by atoms with Gasteiger partial charge in [-0.1, -0.05) is 0 Å². The van der Waals surface area contributed by atoms with Gasteiger partial charge in [-0.3, -0.25) is 4.79 Å². The maximum atomic E-state index is 12.1. The molecule has 1 aromatic rings. The van der Waals surface area contributed by atoms with Crippen molar-refractivity contribution in [1.29, 1.82) is 0 Å². The zero-order valence-electron chi connectivity index (χ0n) is 11.5. The summed E-state index contributed by atoms with van der Waals surface area (Å²) in [6.07, 6.45) is 3.34. The highest BCUT2D eigenvalue weighted by Crippen LogP contribution is 2.14. The molecular weight excluding hydrogens is 262 g/mol. The molecule has 0 spiro atoms. The van der Waals surface area contributed by atoms with Crippen LogP contribution in [-0.4, -0.2) is 31.4 Å². The number of carbonyl (C=O) groups excluding carboxylic acids is 1. The van der Waals surface area contributed by atoms with Gasteiger partial charge >= 0.3 is 5.97 Å². The summed E-state index contributed by atoms with van der Waals surface area (Å²) in [6.45, 7) is 0.791. The summed E-state index contributed by atoms with van der Waals surface area (Å²) in [4.78, 5) is 23.4. The minimum atomic E-state index is -0.582. The first-order valence-electron chi connectivity index (χ1n) is 6.35. The topological polar surface area (TPSA) is 66.8 Å². The van der Waals surface area contributed by atoms with E-state index in [4.69, 9.17) is 9.47 Å². The second-order valence-corrected chi connectivity index (χ2v) is 4.32. The Hall–Kier alpha value is -2.24. The smallest absolute Gasteiger partial charge is 0.373 e. The van der Waals surface area contributed by atoms with E-state index in [0.717, 1.165) is 25.1 Å². The normalized spacial score (nSPS) is 13.8. The van der Waals surface area contributed by atoms with E-state index >= 15 is 0 Å². The third-order valence-electron chi connectivity index (χ3n) is 3.16. The van der Waals surface area contributed by atoms with Gasteiger partial charge in [-0.15, -0.1) is 0 Å². The van der Waals surface area contributed by atoms with Crippen LogP contribution < -0.4 is 10.3 Å². The van der Waals surface area contributed by atoms with Crippen molar-refractivity contribution < 1.29 is 19.0 Å². The first-order chi connectivity index (χ1) is 9.67. The Kier molecular flexibility index (Phi) is 4.45. The summed E-state index contributed by atoms with van der Waals surface area (Å²) in [5.74, 6) is -0.261. The van der Waals surface area contributed by atoms with Crippen LogP contribution in [-0.2, 0) is 27.2 Å². The molecule has 6 nitrogen and oxygen atoms in total. The van der Waals surface area contributed by atoms with Gasteiger partial charge in [0, 0.05) is 18.3 Å². The molecule has 0 N–H and O–H groups in total. The first kappa shape index (κ1) is 14.2. The summed E-state index contributed by atoms with van der Waals surface area (Å²) >= 11 is 0. The fraction of sp³-hybridized carbons (Fsp3) is 0.429. The average molecular weight is 279 g/mol. The van der Waals surface area contributed by atoms with Crippen LogP contribution in [0.1, 0.15) is 12.1 Å². The Balaban J connectivity index is 2.07. The number of hydrogen-bond donors (Lipinski definition) is 0. The van der Waals surface area contributed by atoms with Crippen molar-refractivity contribution in [3.8, 4) is 5.75 Å². The summed E-state index contributed by atoms with van der Waals surface area (Å²) in [6, 6.07) is 3.56. The Labute approximate surface area is 116 Å². The number of esters is 1. The molecule has 0 atom stereocenters. The molecule has 0 bridgehead atoms. The van der Waals surface area contributed by atoms with E-state index in [1.54, 1.807) is 10.6 Å². The van der Waals surface area contributed by atoms with E-state index in [0.29, 0.717) is 0 Å². The maximum Gasteiger partial charge on any atom is 0.373 e. The Morgan fingerprint density at radius 3 is 2.85 bits per heavy atom. The second kappa shape index (κ2) is 6.27. The van der Waals surface area contributed by atoms with Crippen molar-refractivity contribution in [3.63, 3.8) is 0 Å². The summed E-state index contributed by atoms with van der Waals surface area (Å²) in [5, 5.41) is 0. The summed E-state index contributed by atoms with van der Waals surface area (Å²) < 4.78 is 16.5. The Morgan fingerprint density at radius 1 is 1.35 bits per heavy atom. The van der Waals surface area contributed by atoms with Crippen LogP contribution in [0.3, 0.4) is 0 Å². The Bertz CT molecular complexity index is 588. The molecule has 0 saturated carbocycles. The molecule has 0 aliphatic carbocycles. The third kappa shape index (κ3) is 2.84. The number of carbonyl (C=O) groups is 1. The lowest BCUT2D eigenvalue weighted by Crippen LogP contribution is -2.21. The van der Waals surface area contributed by atoms with Crippen molar-refractivity contribution >= 4 is 5.97 Å². The highest BCUT2D eigenvalue weighted by atomic mass is 16.6. The van der Waals surface area contributed by atoms with Crippen molar-refractivity contribution in [3.05, 3.63) is 40.0 Å².